The topological polar surface area (TPSA) is 49.4 Å². The van der Waals surface area contributed by atoms with Gasteiger partial charge in [0, 0.05) is 12.3 Å². The third-order valence-electron chi connectivity index (χ3n) is 3.24. The highest BCUT2D eigenvalue weighted by Gasteiger charge is 2.40. The van der Waals surface area contributed by atoms with Crippen molar-refractivity contribution in [2.24, 2.45) is 5.92 Å². The first-order valence-corrected chi connectivity index (χ1v) is 7.80. The summed E-state index contributed by atoms with van der Waals surface area (Å²) in [7, 11) is 0. The van der Waals surface area contributed by atoms with E-state index in [1.54, 1.807) is 16.7 Å². The molecule has 4 nitrogen and oxygen atoms in total. The van der Waals surface area contributed by atoms with Crippen LogP contribution in [-0.4, -0.2) is 46.8 Å². The molecule has 106 valence electrons. The monoisotopic (exact) mass is 282 g/mol. The summed E-state index contributed by atoms with van der Waals surface area (Å²) in [6.07, 6.45) is 5.84. The first-order chi connectivity index (χ1) is 9.02. The van der Waals surface area contributed by atoms with Crippen molar-refractivity contribution in [3.8, 4) is 12.3 Å². The standard InChI is InChI=1S/C14H22N2O2S/c1-5-8-19-9-7-16-11(6-2)13(17)15-12(10(3)4)14(16)18/h1,10-12H,6-9H2,2-4H3,(H,15,17). The van der Waals surface area contributed by atoms with E-state index in [-0.39, 0.29) is 23.8 Å². The van der Waals surface area contributed by atoms with Gasteiger partial charge in [-0.05, 0) is 12.3 Å². The van der Waals surface area contributed by atoms with E-state index in [0.29, 0.717) is 18.7 Å². The van der Waals surface area contributed by atoms with E-state index in [4.69, 9.17) is 6.42 Å². The summed E-state index contributed by atoms with van der Waals surface area (Å²) in [6.45, 7) is 6.40. The number of carbonyl (C=O) groups is 2. The molecular formula is C14H22N2O2S. The van der Waals surface area contributed by atoms with E-state index in [2.05, 4.69) is 11.2 Å². The van der Waals surface area contributed by atoms with Gasteiger partial charge in [0.05, 0.1) is 5.75 Å². The summed E-state index contributed by atoms with van der Waals surface area (Å²) < 4.78 is 0. The quantitative estimate of drug-likeness (QED) is 0.586. The molecule has 0 spiro atoms. The van der Waals surface area contributed by atoms with Gasteiger partial charge in [-0.1, -0.05) is 26.7 Å². The van der Waals surface area contributed by atoms with E-state index < -0.39 is 6.04 Å². The maximum absolute atomic E-state index is 12.4. The highest BCUT2D eigenvalue weighted by molar-refractivity contribution is 7.99. The molecule has 0 bridgehead atoms. The summed E-state index contributed by atoms with van der Waals surface area (Å²) in [5.41, 5.74) is 0. The van der Waals surface area contributed by atoms with Crippen LogP contribution < -0.4 is 5.32 Å². The summed E-state index contributed by atoms with van der Waals surface area (Å²) in [5.74, 6) is 4.06. The molecule has 2 unspecified atom stereocenters. The molecule has 2 amide bonds. The van der Waals surface area contributed by atoms with Crippen LogP contribution in [0.2, 0.25) is 0 Å². The molecule has 1 heterocycles. The second-order valence-electron chi connectivity index (χ2n) is 4.94. The van der Waals surface area contributed by atoms with Gasteiger partial charge in [0.25, 0.3) is 0 Å². The Balaban J connectivity index is 2.73. The van der Waals surface area contributed by atoms with Gasteiger partial charge in [-0.3, -0.25) is 9.59 Å². The average Bonchev–Trinajstić information content (AvgIpc) is 2.37. The van der Waals surface area contributed by atoms with Crippen LogP contribution in [0.5, 0.6) is 0 Å². The lowest BCUT2D eigenvalue weighted by Gasteiger charge is -2.40. The first-order valence-electron chi connectivity index (χ1n) is 6.65. The van der Waals surface area contributed by atoms with Crippen LogP contribution in [0.25, 0.3) is 0 Å². The second kappa shape index (κ2) is 7.44. The Labute approximate surface area is 119 Å². The van der Waals surface area contributed by atoms with Crippen LogP contribution in [0, 0.1) is 18.3 Å². The summed E-state index contributed by atoms with van der Waals surface area (Å²) in [6, 6.07) is -0.734. The van der Waals surface area contributed by atoms with Gasteiger partial charge in [-0.25, -0.2) is 0 Å². The maximum atomic E-state index is 12.4. The molecule has 1 N–H and O–H groups in total. The zero-order valence-corrected chi connectivity index (χ0v) is 12.6. The Hall–Kier alpha value is -1.15. The van der Waals surface area contributed by atoms with Crippen molar-refractivity contribution in [3.05, 3.63) is 0 Å². The molecule has 0 aromatic carbocycles. The fraction of sp³-hybridized carbons (Fsp3) is 0.714. The fourth-order valence-corrected chi connectivity index (χ4v) is 2.79. The largest absolute Gasteiger partial charge is 0.342 e. The third-order valence-corrected chi connectivity index (χ3v) is 4.08. The molecule has 5 heteroatoms. The SMILES string of the molecule is C#CCSCCN1C(=O)C(C(C)C)NC(=O)C1CC. The van der Waals surface area contributed by atoms with Crippen molar-refractivity contribution in [2.75, 3.05) is 18.1 Å². The maximum Gasteiger partial charge on any atom is 0.246 e. The van der Waals surface area contributed by atoms with Crippen LogP contribution >= 0.6 is 11.8 Å². The molecular weight excluding hydrogens is 260 g/mol. The molecule has 1 rings (SSSR count). The number of thioether (sulfide) groups is 1. The Kier molecular flexibility index (Phi) is 6.23. The van der Waals surface area contributed by atoms with Crippen LogP contribution in [0.1, 0.15) is 27.2 Å². The van der Waals surface area contributed by atoms with Gasteiger partial charge in [0.1, 0.15) is 12.1 Å². The van der Waals surface area contributed by atoms with Crippen molar-refractivity contribution < 1.29 is 9.59 Å². The number of rotatable bonds is 6. The minimum atomic E-state index is -0.395. The van der Waals surface area contributed by atoms with Gasteiger partial charge >= 0.3 is 0 Å². The summed E-state index contributed by atoms with van der Waals surface area (Å²) in [5, 5.41) is 2.83. The number of carbonyl (C=O) groups excluding carboxylic acids is 2. The Morgan fingerprint density at radius 1 is 1.47 bits per heavy atom. The predicted octanol–water partition coefficient (Wildman–Crippen LogP) is 1.11. The minimum Gasteiger partial charge on any atom is -0.342 e. The Morgan fingerprint density at radius 2 is 2.16 bits per heavy atom. The van der Waals surface area contributed by atoms with Gasteiger partial charge in [0.15, 0.2) is 0 Å². The molecule has 0 saturated carbocycles. The van der Waals surface area contributed by atoms with Crippen molar-refractivity contribution >= 4 is 23.6 Å². The Morgan fingerprint density at radius 3 is 2.68 bits per heavy atom. The third kappa shape index (κ3) is 3.90. The number of hydrogen-bond acceptors (Lipinski definition) is 3. The second-order valence-corrected chi connectivity index (χ2v) is 6.05. The molecule has 0 aromatic rings. The van der Waals surface area contributed by atoms with Crippen molar-refractivity contribution in [1.82, 2.24) is 10.2 Å². The highest BCUT2D eigenvalue weighted by Crippen LogP contribution is 2.18. The van der Waals surface area contributed by atoms with E-state index >= 15 is 0 Å². The predicted molar refractivity (Wildman–Crippen MR) is 78.7 cm³/mol. The number of piperazine rings is 1. The average molecular weight is 282 g/mol. The molecule has 19 heavy (non-hydrogen) atoms. The number of terminal acetylenes is 1. The van der Waals surface area contributed by atoms with Gasteiger partial charge in [-0.2, -0.15) is 0 Å². The lowest BCUT2D eigenvalue weighted by molar-refractivity contribution is -0.150. The number of nitrogens with zero attached hydrogens (tertiary/aromatic N) is 1. The van der Waals surface area contributed by atoms with Crippen LogP contribution in [0.4, 0.5) is 0 Å². The highest BCUT2D eigenvalue weighted by atomic mass is 32.2. The molecule has 1 aliphatic heterocycles. The van der Waals surface area contributed by atoms with Crippen LogP contribution in [0.3, 0.4) is 0 Å². The molecule has 2 atom stereocenters. The normalized spacial score (nSPS) is 23.4. The molecule has 1 aliphatic rings. The van der Waals surface area contributed by atoms with E-state index in [1.807, 2.05) is 20.8 Å². The van der Waals surface area contributed by atoms with Crippen LogP contribution in [0.15, 0.2) is 0 Å². The number of hydrogen-bond donors (Lipinski definition) is 1. The zero-order valence-electron chi connectivity index (χ0n) is 11.8. The molecule has 1 saturated heterocycles. The fourth-order valence-electron chi connectivity index (χ4n) is 2.20. The molecule has 0 aliphatic carbocycles. The molecule has 0 aromatic heterocycles. The smallest absolute Gasteiger partial charge is 0.246 e. The lowest BCUT2D eigenvalue weighted by Crippen LogP contribution is -2.64. The molecule has 0 radical (unpaired) electrons. The van der Waals surface area contributed by atoms with E-state index in [9.17, 15) is 9.59 Å². The summed E-state index contributed by atoms with van der Waals surface area (Å²) in [4.78, 5) is 26.2. The van der Waals surface area contributed by atoms with Gasteiger partial charge < -0.3 is 10.2 Å². The first kappa shape index (κ1) is 15.9. The van der Waals surface area contributed by atoms with E-state index in [1.165, 1.54) is 0 Å². The van der Waals surface area contributed by atoms with Crippen molar-refractivity contribution in [1.29, 1.82) is 0 Å². The minimum absolute atomic E-state index is 0.0303. The number of nitrogens with one attached hydrogen (secondary N) is 1. The van der Waals surface area contributed by atoms with Crippen molar-refractivity contribution in [3.63, 3.8) is 0 Å². The van der Waals surface area contributed by atoms with Gasteiger partial charge in [0.2, 0.25) is 11.8 Å². The lowest BCUT2D eigenvalue weighted by atomic mass is 9.97. The van der Waals surface area contributed by atoms with Gasteiger partial charge in [-0.15, -0.1) is 18.2 Å². The zero-order chi connectivity index (χ0) is 14.4. The number of amides is 2. The summed E-state index contributed by atoms with van der Waals surface area (Å²) >= 11 is 1.61. The van der Waals surface area contributed by atoms with Crippen LogP contribution in [-0.2, 0) is 9.59 Å². The Bertz CT molecular complexity index is 376. The van der Waals surface area contributed by atoms with E-state index in [0.717, 1.165) is 5.75 Å². The van der Waals surface area contributed by atoms with Crippen molar-refractivity contribution in [2.45, 2.75) is 39.3 Å². The molecule has 1 fully saturated rings.